The predicted octanol–water partition coefficient (Wildman–Crippen LogP) is 3.88. The number of anilines is 1. The molecule has 11 nitrogen and oxygen atoms in total. The second-order valence-corrected chi connectivity index (χ2v) is 7.15. The van der Waals surface area contributed by atoms with E-state index in [1.54, 1.807) is 13.8 Å². The highest BCUT2D eigenvalue weighted by Crippen LogP contribution is 2.40. The number of ether oxygens (including phenoxy) is 1. The van der Waals surface area contributed by atoms with Crippen molar-refractivity contribution in [2.24, 2.45) is 0 Å². The number of thiocyanates is 1. The molecular formula is C16H12N4O7S2. The van der Waals surface area contributed by atoms with E-state index in [1.165, 1.54) is 0 Å². The molecule has 0 saturated carbocycles. The van der Waals surface area contributed by atoms with Crippen LogP contribution in [0.1, 0.15) is 32.5 Å². The Morgan fingerprint density at radius 3 is 2.31 bits per heavy atom. The fourth-order valence-corrected chi connectivity index (χ4v) is 4.05. The summed E-state index contributed by atoms with van der Waals surface area (Å²) in [5, 5.41) is 35.5. The van der Waals surface area contributed by atoms with E-state index >= 15 is 0 Å². The summed E-state index contributed by atoms with van der Waals surface area (Å²) in [5.74, 6) is -1.49. The fourth-order valence-electron chi connectivity index (χ4n) is 2.25. The lowest BCUT2D eigenvalue weighted by atomic mass is 10.1. The maximum absolute atomic E-state index is 12.6. The minimum absolute atomic E-state index is 0.135. The molecule has 150 valence electrons. The second-order valence-electron chi connectivity index (χ2n) is 5.33. The van der Waals surface area contributed by atoms with Crippen molar-refractivity contribution < 1.29 is 24.2 Å². The molecule has 1 aromatic carbocycles. The van der Waals surface area contributed by atoms with Gasteiger partial charge in [0, 0.05) is 12.1 Å². The highest BCUT2D eigenvalue weighted by molar-refractivity contribution is 8.04. The Bertz CT molecular complexity index is 1030. The van der Waals surface area contributed by atoms with Crippen molar-refractivity contribution in [3.63, 3.8) is 0 Å². The number of hydrogen-bond donors (Lipinski definition) is 1. The molecule has 0 radical (unpaired) electrons. The number of thioether (sulfide) groups is 1. The van der Waals surface area contributed by atoms with Crippen LogP contribution in [0.5, 0.6) is 0 Å². The van der Waals surface area contributed by atoms with E-state index < -0.39 is 33.1 Å². The summed E-state index contributed by atoms with van der Waals surface area (Å²) in [6, 6.07) is 2.53. The van der Waals surface area contributed by atoms with E-state index in [-0.39, 0.29) is 22.0 Å². The van der Waals surface area contributed by atoms with E-state index in [9.17, 15) is 29.8 Å². The lowest BCUT2D eigenvalue weighted by Gasteiger charge is -2.05. The molecule has 1 amide bonds. The van der Waals surface area contributed by atoms with Gasteiger partial charge in [-0.3, -0.25) is 25.0 Å². The molecule has 0 bridgehead atoms. The molecule has 0 unspecified atom stereocenters. The van der Waals surface area contributed by atoms with Crippen LogP contribution < -0.4 is 5.32 Å². The van der Waals surface area contributed by atoms with Crippen LogP contribution >= 0.6 is 23.1 Å². The number of esters is 1. The van der Waals surface area contributed by atoms with E-state index in [0.717, 1.165) is 29.5 Å². The smallest absolute Gasteiger partial charge is 0.348 e. The van der Waals surface area contributed by atoms with Gasteiger partial charge in [0.1, 0.15) is 15.3 Å². The van der Waals surface area contributed by atoms with Crippen molar-refractivity contribution in [2.45, 2.75) is 18.7 Å². The number of nitro benzene ring substituents is 2. The lowest BCUT2D eigenvalue weighted by molar-refractivity contribution is -0.394. The molecular weight excluding hydrogens is 424 g/mol. The van der Waals surface area contributed by atoms with Crippen molar-refractivity contribution in [2.75, 3.05) is 11.9 Å². The molecule has 0 fully saturated rings. The molecule has 0 aliphatic heterocycles. The lowest BCUT2D eigenvalue weighted by Crippen LogP contribution is -2.12. The maximum atomic E-state index is 12.6. The maximum Gasteiger partial charge on any atom is 0.348 e. The average Bonchev–Trinajstić information content (AvgIpc) is 2.97. The van der Waals surface area contributed by atoms with Crippen LogP contribution in [0.4, 0.5) is 16.4 Å². The number of benzene rings is 1. The van der Waals surface area contributed by atoms with Gasteiger partial charge in [-0.25, -0.2) is 4.79 Å². The minimum atomic E-state index is -0.867. The first kappa shape index (κ1) is 21.8. The molecule has 1 heterocycles. The Balaban J connectivity index is 2.46. The normalized spacial score (nSPS) is 10.1. The highest BCUT2D eigenvalue weighted by atomic mass is 32.2. The van der Waals surface area contributed by atoms with Crippen LogP contribution in [0.15, 0.2) is 23.1 Å². The summed E-state index contributed by atoms with van der Waals surface area (Å²) >= 11 is 1.59. The van der Waals surface area contributed by atoms with E-state index in [4.69, 9.17) is 10.00 Å². The van der Waals surface area contributed by atoms with Crippen LogP contribution in [0.2, 0.25) is 0 Å². The first-order valence-corrected chi connectivity index (χ1v) is 9.44. The number of nitriles is 1. The Labute approximate surface area is 171 Å². The molecule has 0 spiro atoms. The summed E-state index contributed by atoms with van der Waals surface area (Å²) in [6.45, 7) is 3.34. The first-order chi connectivity index (χ1) is 13.7. The number of thiophene rings is 1. The van der Waals surface area contributed by atoms with Crippen LogP contribution in [-0.4, -0.2) is 28.3 Å². The zero-order valence-electron chi connectivity index (χ0n) is 15.0. The van der Waals surface area contributed by atoms with Crippen LogP contribution in [0, 0.1) is 37.8 Å². The molecule has 1 aromatic heterocycles. The third-order valence-corrected chi connectivity index (χ3v) is 5.64. The topological polar surface area (TPSA) is 165 Å². The van der Waals surface area contributed by atoms with Crippen LogP contribution in [-0.2, 0) is 4.74 Å². The second kappa shape index (κ2) is 9.13. The van der Waals surface area contributed by atoms with Crippen molar-refractivity contribution in [3.8, 4) is 5.40 Å². The van der Waals surface area contributed by atoms with E-state index in [0.29, 0.717) is 22.2 Å². The van der Waals surface area contributed by atoms with Gasteiger partial charge in [0.15, 0.2) is 0 Å². The van der Waals surface area contributed by atoms with Gasteiger partial charge in [-0.2, -0.15) is 5.26 Å². The SMILES string of the molecule is CCOC(=O)c1sc(NC(=O)c2cc([N+](=O)[O-])cc([N+](=O)[O-])c2)c(SC#N)c1C. The fraction of sp³-hybridized carbons (Fsp3) is 0.188. The van der Waals surface area contributed by atoms with Gasteiger partial charge in [0.25, 0.3) is 17.3 Å². The van der Waals surface area contributed by atoms with Crippen LogP contribution in [0.25, 0.3) is 0 Å². The molecule has 13 heteroatoms. The van der Waals surface area contributed by atoms with E-state index in [2.05, 4.69) is 5.32 Å². The number of carbonyl (C=O) groups excluding carboxylic acids is 2. The molecule has 29 heavy (non-hydrogen) atoms. The summed E-state index contributed by atoms with van der Waals surface area (Å²) in [6.07, 6.45) is 0. The summed E-state index contributed by atoms with van der Waals surface area (Å²) in [4.78, 5) is 45.4. The quantitative estimate of drug-likeness (QED) is 0.223. The van der Waals surface area contributed by atoms with Crippen molar-refractivity contribution in [1.29, 1.82) is 5.26 Å². The minimum Gasteiger partial charge on any atom is -0.462 e. The molecule has 1 N–H and O–H groups in total. The Kier molecular flexibility index (Phi) is 6.86. The number of rotatable bonds is 7. The molecule has 0 saturated heterocycles. The number of carbonyl (C=O) groups is 2. The van der Waals surface area contributed by atoms with E-state index in [1.807, 2.05) is 5.40 Å². The Morgan fingerprint density at radius 2 is 1.83 bits per heavy atom. The highest BCUT2D eigenvalue weighted by Gasteiger charge is 2.25. The largest absolute Gasteiger partial charge is 0.462 e. The van der Waals surface area contributed by atoms with Crippen LogP contribution in [0.3, 0.4) is 0 Å². The predicted molar refractivity (Wildman–Crippen MR) is 104 cm³/mol. The number of nitrogens with one attached hydrogen (secondary N) is 1. The monoisotopic (exact) mass is 436 g/mol. The van der Waals surface area contributed by atoms with Gasteiger partial charge in [-0.05, 0) is 31.2 Å². The zero-order valence-corrected chi connectivity index (χ0v) is 16.6. The number of nitro groups is 2. The van der Waals surface area contributed by atoms with Crippen molar-refractivity contribution in [1.82, 2.24) is 0 Å². The van der Waals surface area contributed by atoms with Gasteiger partial charge in [0.2, 0.25) is 0 Å². The standard InChI is InChI=1S/C16H12N4O7S2/c1-3-27-16(22)13-8(2)12(28-7-17)15(29-13)18-14(21)9-4-10(19(23)24)6-11(5-9)20(25)26/h4-6H,3H2,1-2H3,(H,18,21). The summed E-state index contributed by atoms with van der Waals surface area (Å²) in [7, 11) is 0. The Morgan fingerprint density at radius 1 is 1.24 bits per heavy atom. The first-order valence-electron chi connectivity index (χ1n) is 7.81. The number of amides is 1. The third-order valence-electron chi connectivity index (χ3n) is 3.51. The number of hydrogen-bond acceptors (Lipinski definition) is 10. The summed E-state index contributed by atoms with van der Waals surface area (Å²) in [5.41, 5.74) is -1.13. The van der Waals surface area contributed by atoms with Gasteiger partial charge < -0.3 is 10.1 Å². The van der Waals surface area contributed by atoms with Gasteiger partial charge in [0.05, 0.1) is 33.0 Å². The summed E-state index contributed by atoms with van der Waals surface area (Å²) < 4.78 is 4.95. The van der Waals surface area contributed by atoms with Gasteiger partial charge in [-0.1, -0.05) is 0 Å². The average molecular weight is 436 g/mol. The molecule has 2 rings (SSSR count). The number of nitrogens with zero attached hydrogens (tertiary/aromatic N) is 3. The molecule has 0 aliphatic rings. The third kappa shape index (κ3) is 4.86. The molecule has 0 atom stereocenters. The number of non-ortho nitro benzene ring substituents is 2. The molecule has 2 aromatic rings. The van der Waals surface area contributed by atoms with Gasteiger partial charge >= 0.3 is 5.97 Å². The van der Waals surface area contributed by atoms with Gasteiger partial charge in [-0.15, -0.1) is 11.3 Å². The Hall–Kier alpha value is -3.50. The van der Waals surface area contributed by atoms with Crippen molar-refractivity contribution >= 4 is 51.4 Å². The van der Waals surface area contributed by atoms with Crippen molar-refractivity contribution in [3.05, 3.63) is 54.4 Å². The zero-order chi connectivity index (χ0) is 21.7. The molecule has 0 aliphatic carbocycles.